The summed E-state index contributed by atoms with van der Waals surface area (Å²) >= 11 is 0. The van der Waals surface area contributed by atoms with E-state index in [2.05, 4.69) is 4.90 Å². The van der Waals surface area contributed by atoms with Gasteiger partial charge < -0.3 is 9.64 Å². The Morgan fingerprint density at radius 2 is 2.10 bits per heavy atom. The molecule has 3 saturated heterocycles. The number of fused-ring (bicyclic) bond motifs is 1. The van der Waals surface area contributed by atoms with Crippen molar-refractivity contribution in [1.82, 2.24) is 9.96 Å². The second kappa shape index (κ2) is 5.86. The quantitative estimate of drug-likeness (QED) is 0.786. The van der Waals surface area contributed by atoms with Crippen molar-refractivity contribution in [2.75, 3.05) is 32.8 Å². The summed E-state index contributed by atoms with van der Waals surface area (Å²) in [5.74, 6) is 1.70. The zero-order valence-corrected chi connectivity index (χ0v) is 12.7. The molecule has 0 spiro atoms. The fourth-order valence-corrected chi connectivity index (χ4v) is 3.98. The highest BCUT2D eigenvalue weighted by Gasteiger charge is 2.43. The van der Waals surface area contributed by atoms with E-state index in [9.17, 15) is 4.79 Å². The van der Waals surface area contributed by atoms with Gasteiger partial charge in [0, 0.05) is 32.1 Å². The monoisotopic (exact) mass is 294 g/mol. The van der Waals surface area contributed by atoms with Gasteiger partial charge in [-0.15, -0.1) is 0 Å². The predicted octanol–water partition coefficient (Wildman–Crippen LogP) is 1.43. The van der Waals surface area contributed by atoms with Gasteiger partial charge >= 0.3 is 0 Å². The molecular formula is C16H26N2O3. The van der Waals surface area contributed by atoms with Crippen molar-refractivity contribution in [3.8, 4) is 0 Å². The van der Waals surface area contributed by atoms with E-state index in [-0.39, 0.29) is 12.0 Å². The average Bonchev–Trinajstić information content (AvgIpc) is 3.11. The first-order valence-corrected chi connectivity index (χ1v) is 8.59. The van der Waals surface area contributed by atoms with E-state index >= 15 is 0 Å². The molecular weight excluding hydrogens is 268 g/mol. The SMILES string of the molecule is O=C(C[C@H]1C[C@H]2CN(CC3CC3)C[C@H]2O1)N1CCCCO1. The molecule has 0 radical (unpaired) electrons. The van der Waals surface area contributed by atoms with Crippen molar-refractivity contribution in [1.29, 1.82) is 0 Å². The third-order valence-electron chi connectivity index (χ3n) is 5.29. The summed E-state index contributed by atoms with van der Waals surface area (Å²) in [6.07, 6.45) is 6.97. The molecule has 21 heavy (non-hydrogen) atoms. The second-order valence-corrected chi connectivity index (χ2v) is 7.19. The van der Waals surface area contributed by atoms with Gasteiger partial charge in [-0.05, 0) is 38.0 Å². The highest BCUT2D eigenvalue weighted by Crippen LogP contribution is 2.37. The van der Waals surface area contributed by atoms with Crippen LogP contribution in [-0.4, -0.2) is 60.9 Å². The Morgan fingerprint density at radius 3 is 2.81 bits per heavy atom. The molecule has 3 aliphatic heterocycles. The molecule has 0 N–H and O–H groups in total. The third kappa shape index (κ3) is 3.25. The van der Waals surface area contributed by atoms with Crippen LogP contribution < -0.4 is 0 Å². The summed E-state index contributed by atoms with van der Waals surface area (Å²) in [7, 11) is 0. The topological polar surface area (TPSA) is 42.0 Å². The summed E-state index contributed by atoms with van der Waals surface area (Å²) in [5, 5.41) is 1.56. The standard InChI is InChI=1S/C16H26N2O3/c19-16(18-5-1-2-6-20-18)8-14-7-13-10-17(9-12-3-4-12)11-15(13)21-14/h12-15H,1-11H2/t13-,14+,15+/m0/s1. The van der Waals surface area contributed by atoms with Crippen molar-refractivity contribution < 1.29 is 14.4 Å². The van der Waals surface area contributed by atoms with Crippen molar-refractivity contribution in [3.05, 3.63) is 0 Å². The van der Waals surface area contributed by atoms with E-state index in [1.165, 1.54) is 25.9 Å². The molecule has 0 aromatic rings. The first-order chi connectivity index (χ1) is 10.3. The van der Waals surface area contributed by atoms with Crippen LogP contribution in [0.3, 0.4) is 0 Å². The molecule has 0 unspecified atom stereocenters. The van der Waals surface area contributed by atoms with Gasteiger partial charge in [-0.2, -0.15) is 0 Å². The maximum absolute atomic E-state index is 12.2. The summed E-state index contributed by atoms with van der Waals surface area (Å²) in [5.41, 5.74) is 0. The van der Waals surface area contributed by atoms with Gasteiger partial charge in [0.25, 0.3) is 0 Å². The number of likely N-dealkylation sites (tertiary alicyclic amines) is 1. The smallest absolute Gasteiger partial charge is 0.248 e. The molecule has 4 aliphatic rings. The largest absolute Gasteiger partial charge is 0.373 e. The lowest BCUT2D eigenvalue weighted by atomic mass is 10.0. The number of nitrogens with zero attached hydrogens (tertiary/aromatic N) is 2. The molecule has 0 aromatic carbocycles. The van der Waals surface area contributed by atoms with Crippen molar-refractivity contribution >= 4 is 5.91 Å². The Hall–Kier alpha value is -0.650. The Kier molecular flexibility index (Phi) is 3.90. The van der Waals surface area contributed by atoms with Crippen LogP contribution in [0.4, 0.5) is 0 Å². The van der Waals surface area contributed by atoms with Gasteiger partial charge in [0.2, 0.25) is 5.91 Å². The van der Waals surface area contributed by atoms with Crippen molar-refractivity contribution in [3.63, 3.8) is 0 Å². The third-order valence-corrected chi connectivity index (χ3v) is 5.29. The Labute approximate surface area is 126 Å². The predicted molar refractivity (Wildman–Crippen MR) is 77.4 cm³/mol. The number of carbonyl (C=O) groups excluding carboxylic acids is 1. The minimum Gasteiger partial charge on any atom is -0.373 e. The summed E-state index contributed by atoms with van der Waals surface area (Å²) in [6, 6.07) is 0. The Bertz CT molecular complexity index is 379. The Balaban J connectivity index is 1.23. The van der Waals surface area contributed by atoms with Gasteiger partial charge in [0.05, 0.1) is 25.2 Å². The first kappa shape index (κ1) is 14.0. The van der Waals surface area contributed by atoms with E-state index < -0.39 is 0 Å². The maximum atomic E-state index is 12.2. The minimum absolute atomic E-state index is 0.106. The zero-order valence-electron chi connectivity index (χ0n) is 12.7. The van der Waals surface area contributed by atoms with E-state index in [0.717, 1.165) is 38.3 Å². The van der Waals surface area contributed by atoms with Crippen LogP contribution in [0.2, 0.25) is 0 Å². The molecule has 0 bridgehead atoms. The zero-order chi connectivity index (χ0) is 14.2. The van der Waals surface area contributed by atoms with E-state index in [0.29, 0.717) is 25.0 Å². The maximum Gasteiger partial charge on any atom is 0.248 e. The average molecular weight is 294 g/mol. The van der Waals surface area contributed by atoms with Gasteiger partial charge in [0.1, 0.15) is 0 Å². The number of rotatable bonds is 4. The van der Waals surface area contributed by atoms with Crippen molar-refractivity contribution in [2.24, 2.45) is 11.8 Å². The minimum atomic E-state index is 0.106. The van der Waals surface area contributed by atoms with Crippen LogP contribution >= 0.6 is 0 Å². The molecule has 1 amide bonds. The molecule has 3 heterocycles. The van der Waals surface area contributed by atoms with Crippen LogP contribution in [0.25, 0.3) is 0 Å². The van der Waals surface area contributed by atoms with Crippen LogP contribution in [0.5, 0.6) is 0 Å². The molecule has 5 nitrogen and oxygen atoms in total. The van der Waals surface area contributed by atoms with Crippen LogP contribution in [0.1, 0.15) is 38.5 Å². The lowest BCUT2D eigenvalue weighted by molar-refractivity contribution is -0.199. The lowest BCUT2D eigenvalue weighted by Gasteiger charge is -2.27. The molecule has 4 rings (SSSR count). The number of hydrogen-bond acceptors (Lipinski definition) is 4. The van der Waals surface area contributed by atoms with Gasteiger partial charge in [-0.25, -0.2) is 5.06 Å². The summed E-state index contributed by atoms with van der Waals surface area (Å²) < 4.78 is 6.13. The summed E-state index contributed by atoms with van der Waals surface area (Å²) in [4.78, 5) is 20.2. The number of carbonyl (C=O) groups is 1. The highest BCUT2D eigenvalue weighted by atomic mass is 16.7. The van der Waals surface area contributed by atoms with E-state index in [4.69, 9.17) is 9.57 Å². The van der Waals surface area contributed by atoms with E-state index in [1.54, 1.807) is 5.06 Å². The molecule has 118 valence electrons. The molecule has 5 heteroatoms. The summed E-state index contributed by atoms with van der Waals surface area (Å²) in [6.45, 7) is 4.94. The molecule has 0 aromatic heterocycles. The number of ether oxygens (including phenoxy) is 1. The van der Waals surface area contributed by atoms with Gasteiger partial charge in [-0.1, -0.05) is 0 Å². The number of amides is 1. The molecule has 1 saturated carbocycles. The Morgan fingerprint density at radius 1 is 1.19 bits per heavy atom. The lowest BCUT2D eigenvalue weighted by Crippen LogP contribution is -2.37. The normalized spacial score (nSPS) is 37.0. The molecule has 1 aliphatic carbocycles. The fourth-order valence-electron chi connectivity index (χ4n) is 3.98. The second-order valence-electron chi connectivity index (χ2n) is 7.19. The first-order valence-electron chi connectivity index (χ1n) is 8.59. The van der Waals surface area contributed by atoms with Gasteiger partial charge in [-0.3, -0.25) is 9.63 Å². The number of hydrogen-bond donors (Lipinski definition) is 0. The van der Waals surface area contributed by atoms with Crippen LogP contribution in [-0.2, 0) is 14.4 Å². The highest BCUT2D eigenvalue weighted by molar-refractivity contribution is 5.75. The molecule has 4 fully saturated rings. The molecule has 3 atom stereocenters. The van der Waals surface area contributed by atoms with Crippen LogP contribution in [0.15, 0.2) is 0 Å². The fraction of sp³-hybridized carbons (Fsp3) is 0.938. The number of hydroxylamine groups is 2. The van der Waals surface area contributed by atoms with Gasteiger partial charge in [0.15, 0.2) is 0 Å². The van der Waals surface area contributed by atoms with Crippen LogP contribution in [0, 0.1) is 11.8 Å². The van der Waals surface area contributed by atoms with E-state index in [1.807, 2.05) is 0 Å². The van der Waals surface area contributed by atoms with Crippen molar-refractivity contribution in [2.45, 2.75) is 50.7 Å².